The van der Waals surface area contributed by atoms with E-state index in [0.29, 0.717) is 23.0 Å². The molecule has 140 valence electrons. The summed E-state index contributed by atoms with van der Waals surface area (Å²) in [6.45, 7) is 0. The zero-order valence-electron chi connectivity index (χ0n) is 14.4. The molecule has 0 aromatic carbocycles. The number of aliphatic hydroxyl groups is 2. The molecule has 9 nitrogen and oxygen atoms in total. The van der Waals surface area contributed by atoms with Crippen LogP contribution >= 0.6 is 11.8 Å². The second-order valence-electron chi connectivity index (χ2n) is 6.71. The van der Waals surface area contributed by atoms with E-state index in [1.807, 2.05) is 0 Å². The van der Waals surface area contributed by atoms with Gasteiger partial charge in [-0.1, -0.05) is 12.8 Å². The van der Waals surface area contributed by atoms with E-state index in [4.69, 9.17) is 0 Å². The minimum absolute atomic E-state index is 0.313. The average Bonchev–Trinajstić information content (AvgIpc) is 3.36. The lowest BCUT2D eigenvalue weighted by Gasteiger charge is -2.17. The summed E-state index contributed by atoms with van der Waals surface area (Å²) < 4.78 is 1.71. The molecule has 10 heteroatoms. The molecule has 1 aliphatic heterocycles. The molecule has 2 aliphatic rings. The number of carbonyl (C=O) groups excluding carboxylic acids is 1. The number of imidazole rings is 1. The summed E-state index contributed by atoms with van der Waals surface area (Å²) in [5.74, 6) is 0.369. The molecule has 0 radical (unpaired) electrons. The van der Waals surface area contributed by atoms with Crippen molar-refractivity contribution in [3.63, 3.8) is 0 Å². The number of thioether (sulfide) groups is 1. The molecular formula is C16H22N6O3S. The third-order valence-corrected chi connectivity index (χ3v) is 6.64. The van der Waals surface area contributed by atoms with Gasteiger partial charge < -0.3 is 20.8 Å². The molecule has 1 saturated heterocycles. The van der Waals surface area contributed by atoms with Crippen LogP contribution in [0.4, 0.5) is 5.82 Å². The molecule has 4 rings (SSSR count). The van der Waals surface area contributed by atoms with Crippen LogP contribution in [0.1, 0.15) is 31.1 Å². The van der Waals surface area contributed by atoms with E-state index in [1.165, 1.54) is 38.0 Å². The Morgan fingerprint density at radius 1 is 1.23 bits per heavy atom. The summed E-state index contributed by atoms with van der Waals surface area (Å²) in [6.07, 6.45) is 5.46. The first-order chi connectivity index (χ1) is 12.6. The minimum atomic E-state index is -1.15. The molecule has 1 saturated carbocycles. The fourth-order valence-corrected chi connectivity index (χ4v) is 5.13. The maximum Gasteiger partial charge on any atom is 0.235 e. The number of anilines is 1. The summed E-state index contributed by atoms with van der Waals surface area (Å²) in [6, 6.07) is 0.393. The van der Waals surface area contributed by atoms with E-state index >= 15 is 0 Å². The second-order valence-corrected chi connectivity index (χ2v) is 7.98. The molecule has 2 fully saturated rings. The predicted octanol–water partition coefficient (Wildman–Crippen LogP) is 0.263. The number of rotatable bonds is 4. The van der Waals surface area contributed by atoms with Crippen LogP contribution in [0.5, 0.6) is 0 Å². The average molecular weight is 378 g/mol. The molecule has 4 N–H and O–H groups in total. The van der Waals surface area contributed by atoms with Crippen LogP contribution in [0, 0.1) is 0 Å². The molecular weight excluding hydrogens is 356 g/mol. The molecule has 4 atom stereocenters. The van der Waals surface area contributed by atoms with E-state index in [9.17, 15) is 15.0 Å². The van der Waals surface area contributed by atoms with Gasteiger partial charge in [0.2, 0.25) is 5.91 Å². The van der Waals surface area contributed by atoms with Gasteiger partial charge in [-0.2, -0.15) is 0 Å². The standard InChI is InChI=1S/C16H22N6O3S/c1-17-15(25)12-10(23)11(24)16(26-12)22-7-20-9-13(18-6-19-14(9)22)21-8-4-2-3-5-8/h6-8,10-12,16,23-24H,2-5H2,1H3,(H,17,25)(H,18,19,21)/t10?,11?,12-,16+/m0/s1. The molecule has 2 aromatic rings. The predicted molar refractivity (Wildman–Crippen MR) is 97.7 cm³/mol. The highest BCUT2D eigenvalue weighted by Crippen LogP contribution is 2.43. The SMILES string of the molecule is CNC(=O)[C@H]1S[C@@H](n2cnc3c(NC4CCCC4)ncnc32)C(O)C1O. The first-order valence-corrected chi connectivity index (χ1v) is 9.71. The Kier molecular flexibility index (Phi) is 4.72. The van der Waals surface area contributed by atoms with Crippen LogP contribution in [0.15, 0.2) is 12.7 Å². The Balaban J connectivity index is 1.64. The quantitative estimate of drug-likeness (QED) is 0.597. The number of aliphatic hydroxyl groups excluding tert-OH is 2. The first-order valence-electron chi connectivity index (χ1n) is 8.77. The third-order valence-electron chi connectivity index (χ3n) is 5.07. The summed E-state index contributed by atoms with van der Waals surface area (Å²) in [4.78, 5) is 25.0. The van der Waals surface area contributed by atoms with Crippen molar-refractivity contribution in [2.24, 2.45) is 0 Å². The molecule has 2 unspecified atom stereocenters. The topological polar surface area (TPSA) is 125 Å². The van der Waals surface area contributed by atoms with Gasteiger partial charge in [0.1, 0.15) is 34.7 Å². The highest BCUT2D eigenvalue weighted by molar-refractivity contribution is 8.01. The van der Waals surface area contributed by atoms with E-state index in [2.05, 4.69) is 25.6 Å². The number of fused-ring (bicyclic) bond motifs is 1. The van der Waals surface area contributed by atoms with Crippen LogP contribution in [0.3, 0.4) is 0 Å². The number of carbonyl (C=O) groups is 1. The molecule has 0 bridgehead atoms. The van der Waals surface area contributed by atoms with Crippen molar-refractivity contribution in [3.05, 3.63) is 12.7 Å². The lowest BCUT2D eigenvalue weighted by atomic mass is 10.1. The van der Waals surface area contributed by atoms with Crippen LogP contribution in [0.2, 0.25) is 0 Å². The normalized spacial score (nSPS) is 29.3. The molecule has 0 spiro atoms. The van der Waals surface area contributed by atoms with Crippen LogP contribution < -0.4 is 10.6 Å². The summed E-state index contributed by atoms with van der Waals surface area (Å²) >= 11 is 1.20. The van der Waals surface area contributed by atoms with Gasteiger partial charge in [0.05, 0.1) is 6.33 Å². The van der Waals surface area contributed by atoms with Gasteiger partial charge in [-0.15, -0.1) is 11.8 Å². The van der Waals surface area contributed by atoms with Gasteiger partial charge in [-0.05, 0) is 12.8 Å². The number of hydrogen-bond acceptors (Lipinski definition) is 8. The lowest BCUT2D eigenvalue weighted by molar-refractivity contribution is -0.122. The van der Waals surface area contributed by atoms with Gasteiger partial charge in [0.15, 0.2) is 11.5 Å². The van der Waals surface area contributed by atoms with Crippen molar-refractivity contribution >= 4 is 34.7 Å². The summed E-state index contributed by atoms with van der Waals surface area (Å²) in [5, 5.41) is 25.3. The van der Waals surface area contributed by atoms with Crippen molar-refractivity contribution in [1.82, 2.24) is 24.8 Å². The van der Waals surface area contributed by atoms with Crippen molar-refractivity contribution in [2.75, 3.05) is 12.4 Å². The second kappa shape index (κ2) is 7.01. The zero-order chi connectivity index (χ0) is 18.3. The highest BCUT2D eigenvalue weighted by atomic mass is 32.2. The van der Waals surface area contributed by atoms with E-state index in [1.54, 1.807) is 10.9 Å². The molecule has 1 amide bonds. The van der Waals surface area contributed by atoms with Gasteiger partial charge in [0.25, 0.3) is 0 Å². The lowest BCUT2D eigenvalue weighted by Crippen LogP contribution is -2.39. The molecule has 2 aromatic heterocycles. The number of hydrogen-bond donors (Lipinski definition) is 4. The van der Waals surface area contributed by atoms with Crippen molar-refractivity contribution in [1.29, 1.82) is 0 Å². The van der Waals surface area contributed by atoms with Gasteiger partial charge in [-0.25, -0.2) is 15.0 Å². The number of nitrogens with one attached hydrogen (secondary N) is 2. The fraction of sp³-hybridized carbons (Fsp3) is 0.625. The molecule has 26 heavy (non-hydrogen) atoms. The third kappa shape index (κ3) is 2.91. The van der Waals surface area contributed by atoms with E-state index < -0.39 is 22.8 Å². The Morgan fingerprint density at radius 2 is 2.00 bits per heavy atom. The molecule has 1 aliphatic carbocycles. The van der Waals surface area contributed by atoms with Crippen LogP contribution in [0.25, 0.3) is 11.2 Å². The van der Waals surface area contributed by atoms with Crippen LogP contribution in [-0.4, -0.2) is 66.2 Å². The maximum atomic E-state index is 11.9. The Labute approximate surface area is 154 Å². The fourth-order valence-electron chi connectivity index (χ4n) is 3.66. The van der Waals surface area contributed by atoms with Gasteiger partial charge >= 0.3 is 0 Å². The van der Waals surface area contributed by atoms with Crippen molar-refractivity contribution < 1.29 is 15.0 Å². The van der Waals surface area contributed by atoms with Crippen LogP contribution in [-0.2, 0) is 4.79 Å². The Hall–Kier alpha value is -1.91. The van der Waals surface area contributed by atoms with Crippen molar-refractivity contribution in [2.45, 2.75) is 54.6 Å². The number of amides is 1. The minimum Gasteiger partial charge on any atom is -0.389 e. The van der Waals surface area contributed by atoms with Gasteiger partial charge in [0, 0.05) is 13.1 Å². The molecule has 3 heterocycles. The Bertz CT molecular complexity index is 808. The summed E-state index contributed by atoms with van der Waals surface area (Å²) in [7, 11) is 1.51. The number of aromatic nitrogens is 4. The summed E-state index contributed by atoms with van der Waals surface area (Å²) in [5.41, 5.74) is 1.20. The van der Waals surface area contributed by atoms with Crippen molar-refractivity contribution in [3.8, 4) is 0 Å². The zero-order valence-corrected chi connectivity index (χ0v) is 15.2. The van der Waals surface area contributed by atoms with E-state index in [-0.39, 0.29) is 5.91 Å². The number of nitrogens with zero attached hydrogens (tertiary/aromatic N) is 4. The van der Waals surface area contributed by atoms with Gasteiger partial charge in [-0.3, -0.25) is 9.36 Å². The monoisotopic (exact) mass is 378 g/mol. The highest BCUT2D eigenvalue weighted by Gasteiger charge is 2.47. The Morgan fingerprint density at radius 3 is 2.73 bits per heavy atom. The maximum absolute atomic E-state index is 11.9. The smallest absolute Gasteiger partial charge is 0.235 e. The first kappa shape index (κ1) is 17.5. The van der Waals surface area contributed by atoms with E-state index in [0.717, 1.165) is 12.8 Å². The largest absolute Gasteiger partial charge is 0.389 e.